The largest absolute Gasteiger partial charge is 0.375 e. The number of carbonyl (C=O) groups excluding carboxylic acids is 2. The highest BCUT2D eigenvalue weighted by Crippen LogP contribution is 2.03. The Morgan fingerprint density at radius 1 is 1.44 bits per heavy atom. The molecule has 106 valence electrons. The van der Waals surface area contributed by atoms with Crippen LogP contribution in [-0.2, 0) is 14.3 Å². The van der Waals surface area contributed by atoms with Crippen molar-refractivity contribution in [3.8, 4) is 0 Å². The van der Waals surface area contributed by atoms with E-state index in [4.69, 9.17) is 4.74 Å². The van der Waals surface area contributed by atoms with Crippen LogP contribution in [0.3, 0.4) is 0 Å². The van der Waals surface area contributed by atoms with Gasteiger partial charge in [-0.2, -0.15) is 0 Å². The lowest BCUT2D eigenvalue weighted by Crippen LogP contribution is -2.55. The van der Waals surface area contributed by atoms with E-state index in [1.165, 1.54) is 4.90 Å². The van der Waals surface area contributed by atoms with Crippen LogP contribution in [0.2, 0.25) is 0 Å². The molecule has 6 nitrogen and oxygen atoms in total. The van der Waals surface area contributed by atoms with Crippen LogP contribution >= 0.6 is 12.4 Å². The number of hydrogen-bond acceptors (Lipinski definition) is 4. The molecular formula is C11H22ClN3O3. The lowest BCUT2D eigenvalue weighted by Gasteiger charge is -2.29. The Labute approximate surface area is 114 Å². The zero-order valence-electron chi connectivity index (χ0n) is 11.1. The van der Waals surface area contributed by atoms with Crippen molar-refractivity contribution in [2.24, 2.45) is 0 Å². The molecule has 18 heavy (non-hydrogen) atoms. The standard InChI is InChI=1S/C11H21N3O3.ClH/c1-8-10(12-6-7-17-8)11(16)13-5-4-9(15)14(2)3;/h8,10,12H,4-7H2,1-3H3,(H,13,16);1H/t8-,10+;/m1./s1. The molecule has 0 aromatic heterocycles. The topological polar surface area (TPSA) is 70.7 Å². The zero-order valence-corrected chi connectivity index (χ0v) is 11.9. The molecule has 1 saturated heterocycles. The maximum atomic E-state index is 11.8. The molecule has 2 N–H and O–H groups in total. The van der Waals surface area contributed by atoms with Crippen molar-refractivity contribution >= 4 is 24.2 Å². The van der Waals surface area contributed by atoms with Gasteiger partial charge in [0.25, 0.3) is 0 Å². The molecule has 1 aliphatic heterocycles. The maximum absolute atomic E-state index is 11.8. The summed E-state index contributed by atoms with van der Waals surface area (Å²) in [6.07, 6.45) is 0.189. The first-order valence-electron chi connectivity index (χ1n) is 5.85. The van der Waals surface area contributed by atoms with E-state index in [0.717, 1.165) is 0 Å². The number of nitrogens with zero attached hydrogens (tertiary/aromatic N) is 1. The number of ether oxygens (including phenoxy) is 1. The van der Waals surface area contributed by atoms with Crippen LogP contribution in [0.1, 0.15) is 13.3 Å². The third kappa shape index (κ3) is 5.20. The minimum absolute atomic E-state index is 0. The van der Waals surface area contributed by atoms with Crippen LogP contribution in [0.25, 0.3) is 0 Å². The van der Waals surface area contributed by atoms with Gasteiger partial charge in [-0.25, -0.2) is 0 Å². The molecular weight excluding hydrogens is 258 g/mol. The second-order valence-corrected chi connectivity index (χ2v) is 4.34. The van der Waals surface area contributed by atoms with E-state index >= 15 is 0 Å². The maximum Gasteiger partial charge on any atom is 0.239 e. The molecule has 1 heterocycles. The summed E-state index contributed by atoms with van der Waals surface area (Å²) in [5.74, 6) is -0.102. The highest BCUT2D eigenvalue weighted by molar-refractivity contribution is 5.85. The average Bonchev–Trinajstić information content (AvgIpc) is 2.29. The van der Waals surface area contributed by atoms with Gasteiger partial charge >= 0.3 is 0 Å². The molecule has 7 heteroatoms. The van der Waals surface area contributed by atoms with Crippen LogP contribution in [-0.4, -0.2) is 62.7 Å². The van der Waals surface area contributed by atoms with Crippen LogP contribution in [0.4, 0.5) is 0 Å². The molecule has 0 aliphatic carbocycles. The van der Waals surface area contributed by atoms with Crippen molar-refractivity contribution in [2.45, 2.75) is 25.5 Å². The third-order valence-corrected chi connectivity index (χ3v) is 2.74. The molecule has 0 aromatic rings. The Bertz CT molecular complexity index is 287. The van der Waals surface area contributed by atoms with Gasteiger partial charge < -0.3 is 20.3 Å². The summed E-state index contributed by atoms with van der Waals surface area (Å²) in [6, 6.07) is -0.321. The summed E-state index contributed by atoms with van der Waals surface area (Å²) in [6.45, 7) is 3.53. The van der Waals surface area contributed by atoms with Gasteiger partial charge in [0.1, 0.15) is 6.04 Å². The van der Waals surface area contributed by atoms with Crippen LogP contribution < -0.4 is 10.6 Å². The van der Waals surface area contributed by atoms with Gasteiger partial charge in [0.15, 0.2) is 0 Å². The van der Waals surface area contributed by atoms with Gasteiger partial charge in [0, 0.05) is 33.6 Å². The summed E-state index contributed by atoms with van der Waals surface area (Å²) >= 11 is 0. The minimum Gasteiger partial charge on any atom is -0.375 e. The van der Waals surface area contributed by atoms with Crippen LogP contribution in [0.5, 0.6) is 0 Å². The second kappa shape index (κ2) is 8.29. The molecule has 0 spiro atoms. The number of hydrogen-bond donors (Lipinski definition) is 2. The monoisotopic (exact) mass is 279 g/mol. The highest BCUT2D eigenvalue weighted by atomic mass is 35.5. The predicted molar refractivity (Wildman–Crippen MR) is 70.8 cm³/mol. The van der Waals surface area contributed by atoms with E-state index in [2.05, 4.69) is 10.6 Å². The normalized spacial score (nSPS) is 22.8. The third-order valence-electron chi connectivity index (χ3n) is 2.74. The molecule has 0 bridgehead atoms. The van der Waals surface area contributed by atoms with Gasteiger partial charge in [0.2, 0.25) is 11.8 Å². The minimum atomic E-state index is -0.321. The van der Waals surface area contributed by atoms with E-state index < -0.39 is 0 Å². The van der Waals surface area contributed by atoms with Crippen molar-refractivity contribution in [1.82, 2.24) is 15.5 Å². The summed E-state index contributed by atoms with van der Waals surface area (Å²) in [5.41, 5.74) is 0. The molecule has 0 radical (unpaired) electrons. The first kappa shape index (κ1) is 17.2. The predicted octanol–water partition coefficient (Wildman–Crippen LogP) is -0.620. The Morgan fingerprint density at radius 2 is 2.11 bits per heavy atom. The zero-order chi connectivity index (χ0) is 12.8. The fourth-order valence-corrected chi connectivity index (χ4v) is 1.65. The number of carbonyl (C=O) groups is 2. The van der Waals surface area contributed by atoms with Gasteiger partial charge in [-0.15, -0.1) is 12.4 Å². The number of amides is 2. The number of nitrogens with one attached hydrogen (secondary N) is 2. The van der Waals surface area contributed by atoms with E-state index in [9.17, 15) is 9.59 Å². The van der Waals surface area contributed by atoms with Crippen LogP contribution in [0, 0.1) is 0 Å². The Balaban J connectivity index is 0.00000289. The van der Waals surface area contributed by atoms with Gasteiger partial charge in [0.05, 0.1) is 12.7 Å². The van der Waals surface area contributed by atoms with Crippen molar-refractivity contribution in [1.29, 1.82) is 0 Å². The van der Waals surface area contributed by atoms with E-state index in [1.807, 2.05) is 6.92 Å². The van der Waals surface area contributed by atoms with E-state index in [0.29, 0.717) is 26.1 Å². The van der Waals surface area contributed by atoms with Crippen molar-refractivity contribution < 1.29 is 14.3 Å². The van der Waals surface area contributed by atoms with Crippen molar-refractivity contribution in [3.63, 3.8) is 0 Å². The lowest BCUT2D eigenvalue weighted by molar-refractivity contribution is -0.130. The molecule has 0 aromatic carbocycles. The first-order valence-corrected chi connectivity index (χ1v) is 5.85. The second-order valence-electron chi connectivity index (χ2n) is 4.34. The fourth-order valence-electron chi connectivity index (χ4n) is 1.65. The van der Waals surface area contributed by atoms with E-state index in [1.54, 1.807) is 14.1 Å². The summed E-state index contributed by atoms with van der Waals surface area (Å²) < 4.78 is 5.38. The first-order chi connectivity index (χ1) is 8.02. The highest BCUT2D eigenvalue weighted by Gasteiger charge is 2.27. The average molecular weight is 280 g/mol. The molecule has 0 unspecified atom stereocenters. The molecule has 2 atom stereocenters. The van der Waals surface area contributed by atoms with Gasteiger partial charge in [-0.05, 0) is 6.92 Å². The molecule has 0 saturated carbocycles. The number of morpholine rings is 1. The van der Waals surface area contributed by atoms with Gasteiger partial charge in [-0.1, -0.05) is 0 Å². The molecule has 1 rings (SSSR count). The Hall–Kier alpha value is -0.850. The van der Waals surface area contributed by atoms with Crippen LogP contribution in [0.15, 0.2) is 0 Å². The summed E-state index contributed by atoms with van der Waals surface area (Å²) in [4.78, 5) is 24.6. The Kier molecular flexibility index (Phi) is 7.90. The van der Waals surface area contributed by atoms with E-state index in [-0.39, 0.29) is 36.4 Å². The number of halogens is 1. The molecule has 1 fully saturated rings. The SMILES string of the molecule is C[C@H]1OCCN[C@@H]1C(=O)NCCC(=O)N(C)C.Cl. The van der Waals surface area contributed by atoms with Crippen molar-refractivity contribution in [2.75, 3.05) is 33.8 Å². The molecule has 1 aliphatic rings. The summed E-state index contributed by atoms with van der Waals surface area (Å²) in [5, 5.41) is 5.84. The van der Waals surface area contributed by atoms with Crippen molar-refractivity contribution in [3.05, 3.63) is 0 Å². The number of rotatable bonds is 4. The quantitative estimate of drug-likeness (QED) is 0.720. The lowest BCUT2D eigenvalue weighted by atomic mass is 10.1. The molecule has 2 amide bonds. The summed E-state index contributed by atoms with van der Waals surface area (Å²) in [7, 11) is 3.39. The smallest absolute Gasteiger partial charge is 0.239 e. The fraction of sp³-hybridized carbons (Fsp3) is 0.818. The van der Waals surface area contributed by atoms with Gasteiger partial charge in [-0.3, -0.25) is 9.59 Å². The Morgan fingerprint density at radius 3 is 2.67 bits per heavy atom.